The van der Waals surface area contributed by atoms with E-state index in [1.807, 2.05) is 37.3 Å². The van der Waals surface area contributed by atoms with Crippen LogP contribution in [0.15, 0.2) is 176 Å². The van der Waals surface area contributed by atoms with Crippen molar-refractivity contribution in [2.75, 3.05) is 0 Å². The Bertz CT molecular complexity index is 3090. The van der Waals surface area contributed by atoms with Gasteiger partial charge in [-0.1, -0.05) is 103 Å². The van der Waals surface area contributed by atoms with E-state index in [1.165, 1.54) is 80.5 Å². The van der Waals surface area contributed by atoms with Crippen molar-refractivity contribution in [2.45, 2.75) is 13.8 Å². The molecule has 0 saturated carbocycles. The molecule has 0 spiro atoms. The van der Waals surface area contributed by atoms with Gasteiger partial charge in [0.15, 0.2) is 0 Å². The zero-order valence-corrected chi connectivity index (χ0v) is 29.8. The summed E-state index contributed by atoms with van der Waals surface area (Å²) in [7, 11) is 0. The van der Waals surface area contributed by atoms with Gasteiger partial charge in [-0.25, -0.2) is 0 Å². The summed E-state index contributed by atoms with van der Waals surface area (Å²) < 4.78 is 9.99. The van der Waals surface area contributed by atoms with Gasteiger partial charge < -0.3 is 4.57 Å². The monoisotopic (exact) mass is 685 g/mol. The number of hydrogen-bond acceptors (Lipinski definition) is 1. The van der Waals surface area contributed by atoms with E-state index in [2.05, 4.69) is 177 Å². The molecule has 4 heterocycles. The Balaban J connectivity index is 0.000000808. The van der Waals surface area contributed by atoms with E-state index in [4.69, 9.17) is 0 Å². The number of allylic oxidation sites excluding steroid dienone is 2. The first-order chi connectivity index (χ1) is 25.7. The molecule has 0 fully saturated rings. The molecule has 0 aliphatic rings. The maximum Gasteiger partial charge on any atom is 0.131 e. The quantitative estimate of drug-likeness (QED) is 0.164. The molecule has 11 aromatic rings. The number of thiophene rings is 1. The minimum Gasteiger partial charge on any atom is -0.309 e. The van der Waals surface area contributed by atoms with Crippen LogP contribution in [-0.2, 0) is 0 Å². The lowest BCUT2D eigenvalue weighted by Crippen LogP contribution is -2.01. The third kappa shape index (κ3) is 4.51. The average Bonchev–Trinajstić information content (AvgIpc) is 3.94. The van der Waals surface area contributed by atoms with Gasteiger partial charge in [0, 0.05) is 64.2 Å². The molecule has 0 amide bonds. The van der Waals surface area contributed by atoms with Crippen molar-refractivity contribution in [2.24, 2.45) is 0 Å². The molecule has 4 aromatic heterocycles. The SMILES string of the molecule is C/C=C\C.c1ccc(-n2c3ccc(-n4c5ccccc5c5ccccc54)cc3c3c4ccccc4n(-c4ccc5sc6ccccc6c5c4)c32)cc1. The van der Waals surface area contributed by atoms with Crippen molar-refractivity contribution in [3.63, 3.8) is 0 Å². The summed E-state index contributed by atoms with van der Waals surface area (Å²) in [6, 6.07) is 59.9. The van der Waals surface area contributed by atoms with E-state index < -0.39 is 0 Å². The minimum absolute atomic E-state index is 1.15. The maximum absolute atomic E-state index is 2.48. The summed E-state index contributed by atoms with van der Waals surface area (Å²) in [6.07, 6.45) is 4.00. The highest BCUT2D eigenvalue weighted by molar-refractivity contribution is 7.25. The number of nitrogens with zero attached hydrogens (tertiary/aromatic N) is 3. The van der Waals surface area contributed by atoms with Crippen molar-refractivity contribution in [1.82, 2.24) is 13.7 Å². The van der Waals surface area contributed by atoms with Crippen LogP contribution in [-0.4, -0.2) is 13.7 Å². The Morgan fingerprint density at radius 3 is 1.54 bits per heavy atom. The third-order valence-corrected chi connectivity index (χ3v) is 11.5. The van der Waals surface area contributed by atoms with Crippen LogP contribution in [0.2, 0.25) is 0 Å². The largest absolute Gasteiger partial charge is 0.309 e. The Morgan fingerprint density at radius 1 is 0.365 bits per heavy atom. The molecule has 3 nitrogen and oxygen atoms in total. The Morgan fingerprint density at radius 2 is 0.846 bits per heavy atom. The number of hydrogen-bond donors (Lipinski definition) is 0. The highest BCUT2D eigenvalue weighted by Crippen LogP contribution is 2.43. The third-order valence-electron chi connectivity index (χ3n) is 10.4. The first-order valence-electron chi connectivity index (χ1n) is 17.9. The van der Waals surface area contributed by atoms with Gasteiger partial charge in [-0.2, -0.15) is 0 Å². The summed E-state index contributed by atoms with van der Waals surface area (Å²) >= 11 is 1.86. The lowest BCUT2D eigenvalue weighted by molar-refractivity contribution is 1.07. The molecule has 0 bridgehead atoms. The second-order valence-corrected chi connectivity index (χ2v) is 14.3. The number of para-hydroxylation sites is 4. The van der Waals surface area contributed by atoms with E-state index >= 15 is 0 Å². The van der Waals surface area contributed by atoms with Gasteiger partial charge >= 0.3 is 0 Å². The summed E-state index contributed by atoms with van der Waals surface area (Å²) in [6.45, 7) is 4.00. The van der Waals surface area contributed by atoms with Crippen LogP contribution in [0.4, 0.5) is 0 Å². The van der Waals surface area contributed by atoms with E-state index in [0.717, 1.165) is 11.4 Å². The van der Waals surface area contributed by atoms with Crippen LogP contribution in [0.5, 0.6) is 0 Å². The fourth-order valence-electron chi connectivity index (χ4n) is 8.03. The predicted molar refractivity (Wildman–Crippen MR) is 225 cm³/mol. The van der Waals surface area contributed by atoms with Crippen LogP contribution < -0.4 is 0 Å². The lowest BCUT2D eigenvalue weighted by Gasteiger charge is -2.14. The molecule has 0 aliphatic carbocycles. The van der Waals surface area contributed by atoms with Crippen LogP contribution in [0.3, 0.4) is 0 Å². The van der Waals surface area contributed by atoms with Crippen molar-refractivity contribution in [1.29, 1.82) is 0 Å². The first kappa shape index (κ1) is 30.5. The van der Waals surface area contributed by atoms with Crippen LogP contribution in [0.25, 0.3) is 91.9 Å². The highest BCUT2D eigenvalue weighted by atomic mass is 32.1. The smallest absolute Gasteiger partial charge is 0.131 e. The van der Waals surface area contributed by atoms with Gasteiger partial charge in [-0.05, 0) is 86.6 Å². The normalized spacial score (nSPS) is 12.0. The maximum atomic E-state index is 2.48. The Hall–Kier alpha value is -6.36. The van der Waals surface area contributed by atoms with Gasteiger partial charge in [0.1, 0.15) is 5.65 Å². The highest BCUT2D eigenvalue weighted by Gasteiger charge is 2.23. The lowest BCUT2D eigenvalue weighted by atomic mass is 10.1. The van der Waals surface area contributed by atoms with Crippen LogP contribution >= 0.6 is 11.3 Å². The zero-order valence-electron chi connectivity index (χ0n) is 29.0. The van der Waals surface area contributed by atoms with Gasteiger partial charge in [-0.3, -0.25) is 9.13 Å². The summed E-state index contributed by atoms with van der Waals surface area (Å²) in [5, 5.41) is 8.91. The molecule has 0 aliphatic heterocycles. The van der Waals surface area contributed by atoms with Crippen molar-refractivity contribution in [3.05, 3.63) is 176 Å². The molecule has 11 rings (SSSR count). The molecule has 0 N–H and O–H groups in total. The molecule has 0 unspecified atom stereocenters. The molecule has 52 heavy (non-hydrogen) atoms. The molecule has 4 heteroatoms. The van der Waals surface area contributed by atoms with Crippen molar-refractivity contribution >= 4 is 86.2 Å². The van der Waals surface area contributed by atoms with Gasteiger partial charge in [0.05, 0.1) is 22.1 Å². The molecule has 0 atom stereocenters. The second kappa shape index (κ2) is 12.2. The molecule has 0 radical (unpaired) electrons. The molecule has 0 saturated heterocycles. The molecular formula is C48H35N3S. The molecule has 248 valence electrons. The van der Waals surface area contributed by atoms with Gasteiger partial charge in [-0.15, -0.1) is 11.3 Å². The fraction of sp³-hybridized carbons (Fsp3) is 0.0417. The number of rotatable bonds is 3. The van der Waals surface area contributed by atoms with E-state index in [1.54, 1.807) is 0 Å². The predicted octanol–water partition coefficient (Wildman–Crippen LogP) is 13.8. The van der Waals surface area contributed by atoms with Crippen molar-refractivity contribution in [3.8, 4) is 17.1 Å². The van der Waals surface area contributed by atoms with E-state index in [0.29, 0.717) is 0 Å². The number of fused-ring (bicyclic) bond motifs is 11. The number of aromatic nitrogens is 3. The minimum atomic E-state index is 1.15. The average molecular weight is 686 g/mol. The van der Waals surface area contributed by atoms with Gasteiger partial charge in [0.25, 0.3) is 0 Å². The first-order valence-corrected chi connectivity index (χ1v) is 18.7. The summed E-state index contributed by atoms with van der Waals surface area (Å²) in [5.74, 6) is 0. The topological polar surface area (TPSA) is 14.8 Å². The fourth-order valence-corrected chi connectivity index (χ4v) is 9.12. The van der Waals surface area contributed by atoms with Crippen molar-refractivity contribution < 1.29 is 0 Å². The van der Waals surface area contributed by atoms with E-state index in [-0.39, 0.29) is 0 Å². The molecule has 7 aromatic carbocycles. The van der Waals surface area contributed by atoms with E-state index in [9.17, 15) is 0 Å². The standard InChI is InChI=1S/C44H27N3S.C4H8/c1-2-12-28(13-3-1)46-40-24-22-29(45-37-18-8-4-14-31(37)32-15-5-9-19-38(32)45)27-36(40)43-34-17-6-10-20-39(34)47(44(43)46)30-23-25-42-35(26-30)33-16-7-11-21-41(33)48-42;1-3-4-2/h1-27H;3-4H,1-2H3/b;4-3-. The summed E-state index contributed by atoms with van der Waals surface area (Å²) in [5.41, 5.74) is 9.48. The van der Waals surface area contributed by atoms with Crippen LogP contribution in [0.1, 0.15) is 13.8 Å². The number of benzene rings is 7. The van der Waals surface area contributed by atoms with Gasteiger partial charge in [0.2, 0.25) is 0 Å². The van der Waals surface area contributed by atoms with Crippen LogP contribution in [0, 0.1) is 0 Å². The molecular weight excluding hydrogens is 651 g/mol. The Labute approximate surface area is 305 Å². The summed E-state index contributed by atoms with van der Waals surface area (Å²) in [4.78, 5) is 0. The zero-order chi connectivity index (χ0) is 34.8. The second-order valence-electron chi connectivity index (χ2n) is 13.2. The Kier molecular flexibility index (Phi) is 7.12.